The van der Waals surface area contributed by atoms with E-state index >= 15 is 0 Å². The summed E-state index contributed by atoms with van der Waals surface area (Å²) < 4.78 is 5.49. The van der Waals surface area contributed by atoms with Crippen LogP contribution >= 0.6 is 0 Å². The second-order valence-corrected chi connectivity index (χ2v) is 4.36. The van der Waals surface area contributed by atoms with Crippen LogP contribution in [0.4, 0.5) is 0 Å². The van der Waals surface area contributed by atoms with Crippen LogP contribution in [0.2, 0.25) is 0 Å². The monoisotopic (exact) mass is 212 g/mol. The first-order valence-electron chi connectivity index (χ1n) is 5.99. The lowest BCUT2D eigenvalue weighted by atomic mass is 10.1. The molecule has 0 aliphatic carbocycles. The molecule has 2 heterocycles. The number of nitrogens with one attached hydrogen (secondary N) is 2. The van der Waals surface area contributed by atoms with Gasteiger partial charge in [0.2, 0.25) is 5.91 Å². The third-order valence-electron chi connectivity index (χ3n) is 3.17. The SMILES string of the molecule is O=C(NCCC1CCCO1)[C@H]1CCCN1. The second-order valence-electron chi connectivity index (χ2n) is 4.36. The Kier molecular flexibility index (Phi) is 3.97. The highest BCUT2D eigenvalue weighted by Crippen LogP contribution is 2.14. The minimum atomic E-state index is 0.0505. The van der Waals surface area contributed by atoms with E-state index in [4.69, 9.17) is 4.74 Å². The lowest BCUT2D eigenvalue weighted by Gasteiger charge is -2.13. The number of carbonyl (C=O) groups excluding carboxylic acids is 1. The Balaban J connectivity index is 1.58. The van der Waals surface area contributed by atoms with E-state index in [1.807, 2.05) is 0 Å². The van der Waals surface area contributed by atoms with Gasteiger partial charge in [-0.25, -0.2) is 0 Å². The summed E-state index contributed by atoms with van der Waals surface area (Å²) in [7, 11) is 0. The van der Waals surface area contributed by atoms with Crippen molar-refractivity contribution in [1.29, 1.82) is 0 Å². The van der Waals surface area contributed by atoms with Crippen molar-refractivity contribution in [3.8, 4) is 0 Å². The zero-order valence-electron chi connectivity index (χ0n) is 9.13. The zero-order chi connectivity index (χ0) is 10.5. The van der Waals surface area contributed by atoms with Crippen LogP contribution in [0.1, 0.15) is 32.1 Å². The molecule has 86 valence electrons. The van der Waals surface area contributed by atoms with Crippen LogP contribution in [0.3, 0.4) is 0 Å². The van der Waals surface area contributed by atoms with Gasteiger partial charge in [0.15, 0.2) is 0 Å². The molecule has 2 saturated heterocycles. The van der Waals surface area contributed by atoms with E-state index in [2.05, 4.69) is 10.6 Å². The van der Waals surface area contributed by atoms with Crippen LogP contribution < -0.4 is 10.6 Å². The predicted molar refractivity (Wildman–Crippen MR) is 57.6 cm³/mol. The first-order valence-corrected chi connectivity index (χ1v) is 5.99. The molecule has 2 aliphatic heterocycles. The summed E-state index contributed by atoms with van der Waals surface area (Å²) in [4.78, 5) is 11.6. The van der Waals surface area contributed by atoms with E-state index in [0.29, 0.717) is 6.10 Å². The molecule has 1 amide bonds. The second kappa shape index (κ2) is 5.47. The third kappa shape index (κ3) is 3.18. The predicted octanol–water partition coefficient (Wildman–Crippen LogP) is 0.424. The van der Waals surface area contributed by atoms with Crippen LogP contribution in [-0.4, -0.2) is 37.7 Å². The smallest absolute Gasteiger partial charge is 0.237 e. The fraction of sp³-hybridized carbons (Fsp3) is 0.909. The topological polar surface area (TPSA) is 50.4 Å². The number of rotatable bonds is 4. The van der Waals surface area contributed by atoms with E-state index in [0.717, 1.165) is 45.4 Å². The number of hydrogen-bond donors (Lipinski definition) is 2. The highest BCUT2D eigenvalue weighted by Gasteiger charge is 2.22. The molecule has 0 spiro atoms. The minimum Gasteiger partial charge on any atom is -0.378 e. The molecule has 2 N–H and O–H groups in total. The maximum absolute atomic E-state index is 11.6. The van der Waals surface area contributed by atoms with Crippen molar-refractivity contribution in [2.45, 2.75) is 44.2 Å². The maximum Gasteiger partial charge on any atom is 0.237 e. The number of amides is 1. The first-order chi connectivity index (χ1) is 7.36. The van der Waals surface area contributed by atoms with Crippen LogP contribution in [-0.2, 0) is 9.53 Å². The molecule has 2 aliphatic rings. The quantitative estimate of drug-likeness (QED) is 0.710. The van der Waals surface area contributed by atoms with Gasteiger partial charge in [-0.2, -0.15) is 0 Å². The van der Waals surface area contributed by atoms with Gasteiger partial charge in [0, 0.05) is 13.2 Å². The Hall–Kier alpha value is -0.610. The lowest BCUT2D eigenvalue weighted by molar-refractivity contribution is -0.122. The van der Waals surface area contributed by atoms with Gasteiger partial charge in [0.1, 0.15) is 0 Å². The van der Waals surface area contributed by atoms with E-state index in [1.54, 1.807) is 0 Å². The molecule has 0 aromatic carbocycles. The molecular weight excluding hydrogens is 192 g/mol. The van der Waals surface area contributed by atoms with Gasteiger partial charge in [0.05, 0.1) is 12.1 Å². The molecule has 0 aromatic heterocycles. The summed E-state index contributed by atoms with van der Waals surface area (Å²) in [6.07, 6.45) is 5.75. The van der Waals surface area contributed by atoms with Gasteiger partial charge in [-0.3, -0.25) is 4.79 Å². The van der Waals surface area contributed by atoms with E-state index < -0.39 is 0 Å². The van der Waals surface area contributed by atoms with Crippen molar-refractivity contribution in [3.05, 3.63) is 0 Å². The molecule has 0 bridgehead atoms. The van der Waals surface area contributed by atoms with E-state index in [-0.39, 0.29) is 11.9 Å². The van der Waals surface area contributed by atoms with Gasteiger partial charge in [-0.1, -0.05) is 0 Å². The summed E-state index contributed by atoms with van der Waals surface area (Å²) in [5, 5.41) is 6.16. The molecule has 0 saturated carbocycles. The summed E-state index contributed by atoms with van der Waals surface area (Å²) in [5.41, 5.74) is 0. The van der Waals surface area contributed by atoms with Crippen LogP contribution in [0, 0.1) is 0 Å². The summed E-state index contributed by atoms with van der Waals surface area (Å²) in [5.74, 6) is 0.158. The van der Waals surface area contributed by atoms with E-state index in [1.165, 1.54) is 6.42 Å². The number of carbonyl (C=O) groups is 1. The summed E-state index contributed by atoms with van der Waals surface area (Å²) >= 11 is 0. The van der Waals surface area contributed by atoms with Gasteiger partial charge in [-0.15, -0.1) is 0 Å². The first kappa shape index (κ1) is 10.9. The largest absolute Gasteiger partial charge is 0.378 e. The standard InChI is InChI=1S/C11H20N2O2/c14-11(10-4-1-6-12-10)13-7-5-9-3-2-8-15-9/h9-10,12H,1-8H2,(H,13,14)/t9?,10-/m1/s1. The van der Waals surface area contributed by atoms with Gasteiger partial charge in [-0.05, 0) is 38.6 Å². The molecule has 2 atom stereocenters. The fourth-order valence-corrected chi connectivity index (χ4v) is 2.26. The summed E-state index contributed by atoms with van der Waals surface area (Å²) in [6.45, 7) is 2.62. The molecule has 1 unspecified atom stereocenters. The Bertz CT molecular complexity index is 209. The Morgan fingerprint density at radius 1 is 1.40 bits per heavy atom. The molecular formula is C11H20N2O2. The molecule has 2 rings (SSSR count). The average Bonchev–Trinajstić information content (AvgIpc) is 2.90. The Morgan fingerprint density at radius 2 is 2.33 bits per heavy atom. The molecule has 15 heavy (non-hydrogen) atoms. The van der Waals surface area contributed by atoms with Crippen molar-refractivity contribution in [2.24, 2.45) is 0 Å². The lowest BCUT2D eigenvalue weighted by Crippen LogP contribution is -2.41. The van der Waals surface area contributed by atoms with Gasteiger partial charge < -0.3 is 15.4 Å². The van der Waals surface area contributed by atoms with Crippen molar-refractivity contribution >= 4 is 5.91 Å². The molecule has 4 heteroatoms. The van der Waals surface area contributed by atoms with Crippen molar-refractivity contribution in [2.75, 3.05) is 19.7 Å². The Labute approximate surface area is 90.8 Å². The van der Waals surface area contributed by atoms with Crippen molar-refractivity contribution in [1.82, 2.24) is 10.6 Å². The number of ether oxygens (including phenoxy) is 1. The van der Waals surface area contributed by atoms with Crippen LogP contribution in [0.25, 0.3) is 0 Å². The Morgan fingerprint density at radius 3 is 3.00 bits per heavy atom. The highest BCUT2D eigenvalue weighted by molar-refractivity contribution is 5.81. The minimum absolute atomic E-state index is 0.0505. The zero-order valence-corrected chi connectivity index (χ0v) is 9.13. The van der Waals surface area contributed by atoms with Crippen LogP contribution in [0.15, 0.2) is 0 Å². The molecule has 0 aromatic rings. The fourth-order valence-electron chi connectivity index (χ4n) is 2.26. The maximum atomic E-state index is 11.6. The normalized spacial score (nSPS) is 30.7. The summed E-state index contributed by atoms with van der Waals surface area (Å²) in [6, 6.07) is 0.0505. The van der Waals surface area contributed by atoms with Crippen LogP contribution in [0.5, 0.6) is 0 Å². The molecule has 2 fully saturated rings. The highest BCUT2D eigenvalue weighted by atomic mass is 16.5. The average molecular weight is 212 g/mol. The van der Waals surface area contributed by atoms with Crippen molar-refractivity contribution < 1.29 is 9.53 Å². The van der Waals surface area contributed by atoms with Gasteiger partial charge >= 0.3 is 0 Å². The molecule has 4 nitrogen and oxygen atoms in total. The number of hydrogen-bond acceptors (Lipinski definition) is 3. The molecule has 0 radical (unpaired) electrons. The van der Waals surface area contributed by atoms with E-state index in [9.17, 15) is 4.79 Å². The van der Waals surface area contributed by atoms with Crippen molar-refractivity contribution in [3.63, 3.8) is 0 Å². The van der Waals surface area contributed by atoms with Gasteiger partial charge in [0.25, 0.3) is 0 Å². The third-order valence-corrected chi connectivity index (χ3v) is 3.17.